The van der Waals surface area contributed by atoms with Crippen LogP contribution in [0.15, 0.2) is 60.9 Å². The summed E-state index contributed by atoms with van der Waals surface area (Å²) in [5.41, 5.74) is 1.17. The summed E-state index contributed by atoms with van der Waals surface area (Å²) < 4.78 is 7.33. The van der Waals surface area contributed by atoms with Gasteiger partial charge in [0.1, 0.15) is 5.75 Å². The Bertz CT molecular complexity index is 1080. The highest BCUT2D eigenvalue weighted by Gasteiger charge is 2.13. The number of fused-ring (bicyclic) bond motifs is 2. The van der Waals surface area contributed by atoms with Crippen molar-refractivity contribution in [2.24, 2.45) is 0 Å². The second-order valence-electron chi connectivity index (χ2n) is 6.22. The Morgan fingerprint density at radius 3 is 2.60 bits per heavy atom. The maximum atomic E-state index is 12.4. The van der Waals surface area contributed by atoms with E-state index in [1.54, 1.807) is 18.3 Å². The number of pyridine rings is 1. The predicted molar refractivity (Wildman–Crippen MR) is 96.8 cm³/mol. The normalized spacial score (nSPS) is 11.3. The van der Waals surface area contributed by atoms with E-state index in [4.69, 9.17) is 4.74 Å². The number of nitrogens with zero attached hydrogens (tertiary/aromatic N) is 3. The fourth-order valence-electron chi connectivity index (χ4n) is 2.83. The van der Waals surface area contributed by atoms with E-state index in [9.17, 15) is 4.79 Å². The molecule has 0 unspecified atom stereocenters. The van der Waals surface area contributed by atoms with Crippen LogP contribution in [-0.2, 0) is 0 Å². The van der Waals surface area contributed by atoms with Crippen molar-refractivity contribution in [1.82, 2.24) is 14.8 Å². The summed E-state index contributed by atoms with van der Waals surface area (Å²) in [5.74, 6) is 0.0867. The first-order valence-electron chi connectivity index (χ1n) is 8.16. The van der Waals surface area contributed by atoms with Crippen LogP contribution in [0.2, 0.25) is 0 Å². The molecule has 2 heterocycles. The lowest BCUT2D eigenvalue weighted by Gasteiger charge is -2.07. The van der Waals surface area contributed by atoms with E-state index in [0.717, 1.165) is 21.8 Å². The molecule has 5 nitrogen and oxygen atoms in total. The van der Waals surface area contributed by atoms with Crippen LogP contribution in [0.5, 0.6) is 5.75 Å². The molecule has 2 aromatic carbocycles. The number of hydrogen-bond donors (Lipinski definition) is 0. The van der Waals surface area contributed by atoms with E-state index in [1.165, 1.54) is 6.20 Å². The molecule has 0 radical (unpaired) electrons. The van der Waals surface area contributed by atoms with Crippen molar-refractivity contribution in [3.05, 3.63) is 66.5 Å². The highest BCUT2D eigenvalue weighted by atomic mass is 16.5. The molecule has 0 aliphatic heterocycles. The molecule has 4 aromatic rings. The third-order valence-electron chi connectivity index (χ3n) is 4.09. The summed E-state index contributed by atoms with van der Waals surface area (Å²) in [6.45, 7) is 4.08. The Labute approximate surface area is 144 Å². The van der Waals surface area contributed by atoms with Gasteiger partial charge in [-0.3, -0.25) is 0 Å². The topological polar surface area (TPSA) is 57.0 Å². The molecular formula is C20H17N3O2. The van der Waals surface area contributed by atoms with Gasteiger partial charge < -0.3 is 4.74 Å². The summed E-state index contributed by atoms with van der Waals surface area (Å²) in [5, 5.41) is 7.27. The molecule has 2 aromatic heterocycles. The molecule has 0 amide bonds. The Hall–Kier alpha value is -3.21. The molecule has 0 aliphatic rings. The molecule has 0 aliphatic carbocycles. The molecule has 0 N–H and O–H groups in total. The Balaban J connectivity index is 1.62. The van der Waals surface area contributed by atoms with E-state index >= 15 is 0 Å². The number of esters is 1. The van der Waals surface area contributed by atoms with Crippen LogP contribution in [-0.4, -0.2) is 20.7 Å². The van der Waals surface area contributed by atoms with Gasteiger partial charge in [-0.25, -0.2) is 14.5 Å². The zero-order valence-corrected chi connectivity index (χ0v) is 14.0. The smallest absolute Gasteiger partial charge is 0.345 e. The van der Waals surface area contributed by atoms with Crippen molar-refractivity contribution >= 4 is 27.8 Å². The number of hydrogen-bond acceptors (Lipinski definition) is 4. The minimum Gasteiger partial charge on any atom is -0.423 e. The highest BCUT2D eigenvalue weighted by molar-refractivity contribution is 5.94. The molecule has 0 atom stereocenters. The van der Waals surface area contributed by atoms with Gasteiger partial charge >= 0.3 is 5.97 Å². The van der Waals surface area contributed by atoms with Gasteiger partial charge in [0.05, 0.1) is 11.8 Å². The van der Waals surface area contributed by atoms with E-state index in [2.05, 4.69) is 10.1 Å². The van der Waals surface area contributed by atoms with E-state index in [0.29, 0.717) is 11.3 Å². The van der Waals surface area contributed by atoms with E-state index < -0.39 is 5.97 Å². The van der Waals surface area contributed by atoms with Gasteiger partial charge in [0.15, 0.2) is 5.65 Å². The fourth-order valence-corrected chi connectivity index (χ4v) is 2.83. The van der Waals surface area contributed by atoms with Crippen molar-refractivity contribution in [3.8, 4) is 5.75 Å². The first-order chi connectivity index (χ1) is 12.1. The average Bonchev–Trinajstić information content (AvgIpc) is 3.05. The number of ether oxygens (including phenoxy) is 1. The fraction of sp³-hybridized carbons (Fsp3) is 0.150. The van der Waals surface area contributed by atoms with E-state index in [1.807, 2.05) is 54.9 Å². The number of carbonyl (C=O) groups is 1. The zero-order chi connectivity index (χ0) is 17.4. The molecule has 0 saturated carbocycles. The third-order valence-corrected chi connectivity index (χ3v) is 4.09. The first kappa shape index (κ1) is 15.3. The monoisotopic (exact) mass is 331 g/mol. The van der Waals surface area contributed by atoms with Crippen molar-refractivity contribution in [2.45, 2.75) is 19.9 Å². The molecule has 5 heteroatoms. The molecule has 0 spiro atoms. The van der Waals surface area contributed by atoms with Gasteiger partial charge in [0.25, 0.3) is 0 Å². The lowest BCUT2D eigenvalue weighted by molar-refractivity contribution is 0.0735. The SMILES string of the molecule is CC(C)n1ncc2cc(C(=O)Oc3ccc4ccccc4c3)cnc21. The van der Waals surface area contributed by atoms with Crippen LogP contribution in [0.1, 0.15) is 30.2 Å². The lowest BCUT2D eigenvalue weighted by Crippen LogP contribution is -2.09. The number of carbonyl (C=O) groups excluding carboxylic acids is 1. The van der Waals surface area contributed by atoms with Crippen molar-refractivity contribution < 1.29 is 9.53 Å². The minimum atomic E-state index is -0.429. The Morgan fingerprint density at radius 1 is 1.00 bits per heavy atom. The molecule has 4 rings (SSSR count). The first-order valence-corrected chi connectivity index (χ1v) is 8.16. The van der Waals surface area contributed by atoms with Crippen LogP contribution >= 0.6 is 0 Å². The lowest BCUT2D eigenvalue weighted by atomic mass is 10.1. The van der Waals surface area contributed by atoms with Gasteiger partial charge in [0, 0.05) is 17.6 Å². The van der Waals surface area contributed by atoms with Crippen molar-refractivity contribution in [1.29, 1.82) is 0 Å². The summed E-state index contributed by atoms with van der Waals surface area (Å²) in [6.07, 6.45) is 3.25. The van der Waals surface area contributed by atoms with Gasteiger partial charge in [0.2, 0.25) is 0 Å². The second-order valence-corrected chi connectivity index (χ2v) is 6.22. The number of benzene rings is 2. The minimum absolute atomic E-state index is 0.209. The van der Waals surface area contributed by atoms with Crippen LogP contribution in [0, 0.1) is 0 Å². The van der Waals surface area contributed by atoms with Gasteiger partial charge in [-0.1, -0.05) is 30.3 Å². The molecule has 0 saturated heterocycles. The van der Waals surface area contributed by atoms with Crippen molar-refractivity contribution in [3.63, 3.8) is 0 Å². The summed E-state index contributed by atoms with van der Waals surface area (Å²) >= 11 is 0. The van der Waals surface area contributed by atoms with Gasteiger partial charge in [-0.2, -0.15) is 5.10 Å². The summed E-state index contributed by atoms with van der Waals surface area (Å²) in [7, 11) is 0. The largest absolute Gasteiger partial charge is 0.423 e. The zero-order valence-electron chi connectivity index (χ0n) is 14.0. The standard InChI is InChI=1S/C20H17N3O2/c1-13(2)23-19-16(12-22-23)9-17(11-21-19)20(24)25-18-8-7-14-5-3-4-6-15(14)10-18/h3-13H,1-2H3. The highest BCUT2D eigenvalue weighted by Crippen LogP contribution is 2.22. The number of rotatable bonds is 3. The molecular weight excluding hydrogens is 314 g/mol. The Morgan fingerprint density at radius 2 is 1.80 bits per heavy atom. The van der Waals surface area contributed by atoms with Gasteiger partial charge in [-0.05, 0) is 42.8 Å². The van der Waals surface area contributed by atoms with Crippen molar-refractivity contribution in [2.75, 3.05) is 0 Å². The van der Waals surface area contributed by atoms with Crippen LogP contribution in [0.4, 0.5) is 0 Å². The Kier molecular flexibility index (Phi) is 3.69. The quantitative estimate of drug-likeness (QED) is 0.413. The second kappa shape index (κ2) is 6.02. The summed E-state index contributed by atoms with van der Waals surface area (Å²) in [6, 6.07) is 15.5. The number of aromatic nitrogens is 3. The average molecular weight is 331 g/mol. The van der Waals surface area contributed by atoms with Gasteiger partial charge in [-0.15, -0.1) is 0 Å². The van der Waals surface area contributed by atoms with Crippen LogP contribution in [0.25, 0.3) is 21.8 Å². The predicted octanol–water partition coefficient (Wildman–Crippen LogP) is 4.38. The van der Waals surface area contributed by atoms with Crippen LogP contribution < -0.4 is 4.74 Å². The molecule has 124 valence electrons. The molecule has 0 bridgehead atoms. The van der Waals surface area contributed by atoms with Crippen LogP contribution in [0.3, 0.4) is 0 Å². The third kappa shape index (κ3) is 2.85. The maximum Gasteiger partial charge on any atom is 0.345 e. The molecule has 25 heavy (non-hydrogen) atoms. The maximum absolute atomic E-state index is 12.4. The summed E-state index contributed by atoms with van der Waals surface area (Å²) in [4.78, 5) is 16.8. The molecule has 0 fully saturated rings. The van der Waals surface area contributed by atoms with E-state index in [-0.39, 0.29) is 6.04 Å².